The highest BCUT2D eigenvalue weighted by Gasteiger charge is 2.17. The van der Waals surface area contributed by atoms with Crippen LogP contribution in [0.1, 0.15) is 47.0 Å². The van der Waals surface area contributed by atoms with Crippen LogP contribution >= 0.6 is 0 Å². The molecule has 0 aliphatic heterocycles. The number of ether oxygens (including phenoxy) is 1. The largest absolute Gasteiger partial charge is 0.489 e. The third-order valence-corrected chi connectivity index (χ3v) is 3.18. The average molecular weight is 320 g/mol. The van der Waals surface area contributed by atoms with Crippen molar-refractivity contribution in [3.05, 3.63) is 24.3 Å². The number of nitrogens with zero attached hydrogens (tertiary/aromatic N) is 1. The fourth-order valence-corrected chi connectivity index (χ4v) is 2.27. The molecule has 128 valence electrons. The zero-order chi connectivity index (χ0) is 17.2. The van der Waals surface area contributed by atoms with Crippen LogP contribution in [0.25, 0.3) is 0 Å². The highest BCUT2D eigenvalue weighted by Crippen LogP contribution is 2.25. The maximum atomic E-state index is 12.2. The first kappa shape index (κ1) is 19.0. The molecule has 0 aromatic heterocycles. The fraction of sp³-hybridized carbons (Fsp3) is 0.556. The molecule has 0 radical (unpaired) electrons. The Bertz CT molecular complexity index is 509. The van der Waals surface area contributed by atoms with E-state index in [0.29, 0.717) is 24.5 Å². The third kappa shape index (κ3) is 6.72. The molecule has 5 heteroatoms. The van der Waals surface area contributed by atoms with Crippen molar-refractivity contribution in [2.24, 2.45) is 0 Å². The molecule has 0 unspecified atom stereocenters. The van der Waals surface area contributed by atoms with Crippen molar-refractivity contribution in [1.82, 2.24) is 4.90 Å². The van der Waals surface area contributed by atoms with E-state index >= 15 is 0 Å². The number of carbonyl (C=O) groups excluding carboxylic acids is 2. The van der Waals surface area contributed by atoms with Crippen molar-refractivity contribution >= 4 is 17.5 Å². The first-order chi connectivity index (χ1) is 11.0. The summed E-state index contributed by atoms with van der Waals surface area (Å²) < 4.78 is 5.67. The van der Waals surface area contributed by atoms with Gasteiger partial charge in [-0.25, -0.2) is 0 Å². The molecule has 23 heavy (non-hydrogen) atoms. The van der Waals surface area contributed by atoms with Gasteiger partial charge in [-0.15, -0.1) is 0 Å². The average Bonchev–Trinajstić information content (AvgIpc) is 2.48. The minimum Gasteiger partial charge on any atom is -0.489 e. The lowest BCUT2D eigenvalue weighted by molar-refractivity contribution is -0.134. The maximum Gasteiger partial charge on any atom is 0.233 e. The first-order valence-corrected chi connectivity index (χ1v) is 8.31. The van der Waals surface area contributed by atoms with Crippen molar-refractivity contribution in [1.29, 1.82) is 0 Å². The standard InChI is InChI=1S/C18H28N2O3/c1-5-11-20(12-6-2)18(22)13-17(21)19-15-9-7-8-10-16(15)23-14(3)4/h7-10,14H,5-6,11-13H2,1-4H3,(H,19,21). The summed E-state index contributed by atoms with van der Waals surface area (Å²) in [5, 5.41) is 2.77. The predicted octanol–water partition coefficient (Wildman–Crippen LogP) is 3.45. The molecule has 1 aromatic rings. The van der Waals surface area contributed by atoms with E-state index in [1.54, 1.807) is 17.0 Å². The maximum absolute atomic E-state index is 12.2. The van der Waals surface area contributed by atoms with Gasteiger partial charge < -0.3 is 15.0 Å². The molecule has 1 N–H and O–H groups in total. The van der Waals surface area contributed by atoms with Crippen molar-refractivity contribution < 1.29 is 14.3 Å². The highest BCUT2D eigenvalue weighted by atomic mass is 16.5. The summed E-state index contributed by atoms with van der Waals surface area (Å²) in [6, 6.07) is 7.25. The van der Waals surface area contributed by atoms with Gasteiger partial charge in [0, 0.05) is 13.1 Å². The van der Waals surface area contributed by atoms with Crippen LogP contribution in [0.3, 0.4) is 0 Å². The Hall–Kier alpha value is -2.04. The molecule has 0 bridgehead atoms. The molecule has 5 nitrogen and oxygen atoms in total. The predicted molar refractivity (Wildman–Crippen MR) is 92.6 cm³/mol. The summed E-state index contributed by atoms with van der Waals surface area (Å²) in [4.78, 5) is 26.1. The number of benzene rings is 1. The van der Waals surface area contributed by atoms with Crippen molar-refractivity contribution in [3.8, 4) is 5.75 Å². The molecular weight excluding hydrogens is 292 g/mol. The topological polar surface area (TPSA) is 58.6 Å². The fourth-order valence-electron chi connectivity index (χ4n) is 2.27. The van der Waals surface area contributed by atoms with Crippen molar-refractivity contribution in [3.63, 3.8) is 0 Å². The summed E-state index contributed by atoms with van der Waals surface area (Å²) in [7, 11) is 0. The molecule has 0 spiro atoms. The van der Waals surface area contributed by atoms with Crippen LogP contribution in [-0.2, 0) is 9.59 Å². The number of hydrogen-bond donors (Lipinski definition) is 1. The van der Waals surface area contributed by atoms with Crippen LogP contribution in [0, 0.1) is 0 Å². The molecule has 0 atom stereocenters. The van der Waals surface area contributed by atoms with Gasteiger partial charge in [0.25, 0.3) is 0 Å². The molecule has 0 saturated carbocycles. The third-order valence-electron chi connectivity index (χ3n) is 3.18. The number of carbonyl (C=O) groups is 2. The zero-order valence-electron chi connectivity index (χ0n) is 14.6. The number of nitrogens with one attached hydrogen (secondary N) is 1. The summed E-state index contributed by atoms with van der Waals surface area (Å²) in [5.41, 5.74) is 0.594. The Balaban J connectivity index is 2.67. The second-order valence-electron chi connectivity index (χ2n) is 5.77. The second kappa shape index (κ2) is 9.87. The lowest BCUT2D eigenvalue weighted by atomic mass is 10.2. The lowest BCUT2D eigenvalue weighted by Crippen LogP contribution is -2.35. The van der Waals surface area contributed by atoms with Gasteiger partial charge in [0.15, 0.2) is 0 Å². The van der Waals surface area contributed by atoms with Crippen LogP contribution < -0.4 is 10.1 Å². The van der Waals surface area contributed by atoms with Crippen LogP contribution in [0.5, 0.6) is 5.75 Å². The van der Waals surface area contributed by atoms with E-state index in [0.717, 1.165) is 12.8 Å². The van der Waals surface area contributed by atoms with Gasteiger partial charge in [0.1, 0.15) is 12.2 Å². The number of anilines is 1. The van der Waals surface area contributed by atoms with Crippen molar-refractivity contribution in [2.75, 3.05) is 18.4 Å². The van der Waals surface area contributed by atoms with Gasteiger partial charge in [-0.3, -0.25) is 9.59 Å². The van der Waals surface area contributed by atoms with E-state index < -0.39 is 0 Å². The van der Waals surface area contributed by atoms with Gasteiger partial charge >= 0.3 is 0 Å². The Morgan fingerprint density at radius 3 is 2.30 bits per heavy atom. The van der Waals surface area contributed by atoms with Gasteiger partial charge in [0.2, 0.25) is 11.8 Å². The summed E-state index contributed by atoms with van der Waals surface area (Å²) in [5.74, 6) is 0.169. The number of para-hydroxylation sites is 2. The van der Waals surface area contributed by atoms with Gasteiger partial charge in [-0.1, -0.05) is 26.0 Å². The molecule has 1 aromatic carbocycles. The highest BCUT2D eigenvalue weighted by molar-refractivity contribution is 6.04. The van der Waals surface area contributed by atoms with E-state index in [2.05, 4.69) is 5.32 Å². The van der Waals surface area contributed by atoms with E-state index in [-0.39, 0.29) is 24.3 Å². The summed E-state index contributed by atoms with van der Waals surface area (Å²) >= 11 is 0. The molecule has 0 aliphatic rings. The number of hydrogen-bond acceptors (Lipinski definition) is 3. The van der Waals surface area contributed by atoms with E-state index in [1.165, 1.54) is 0 Å². The Morgan fingerprint density at radius 2 is 1.74 bits per heavy atom. The van der Waals surface area contributed by atoms with Crippen molar-refractivity contribution in [2.45, 2.75) is 53.1 Å². The van der Waals surface area contributed by atoms with Gasteiger partial charge in [-0.05, 0) is 38.8 Å². The Morgan fingerprint density at radius 1 is 1.13 bits per heavy atom. The van der Waals surface area contributed by atoms with Crippen LogP contribution in [-0.4, -0.2) is 35.9 Å². The van der Waals surface area contributed by atoms with Crippen LogP contribution in [0.15, 0.2) is 24.3 Å². The minimum atomic E-state index is -0.313. The summed E-state index contributed by atoms with van der Waals surface area (Å²) in [6.07, 6.45) is 1.65. The molecule has 1 rings (SSSR count). The molecule has 0 fully saturated rings. The smallest absolute Gasteiger partial charge is 0.233 e. The molecule has 0 heterocycles. The lowest BCUT2D eigenvalue weighted by Gasteiger charge is -2.21. The Kier molecular flexibility index (Phi) is 8.16. The van der Waals surface area contributed by atoms with E-state index in [9.17, 15) is 9.59 Å². The SMILES string of the molecule is CCCN(CCC)C(=O)CC(=O)Nc1ccccc1OC(C)C. The van der Waals surface area contributed by atoms with E-state index in [1.807, 2.05) is 39.8 Å². The minimum absolute atomic E-state index is 0.0132. The van der Waals surface area contributed by atoms with Gasteiger partial charge in [-0.2, -0.15) is 0 Å². The molecule has 0 aliphatic carbocycles. The van der Waals surface area contributed by atoms with Crippen LogP contribution in [0.2, 0.25) is 0 Å². The Labute approximate surface area is 139 Å². The second-order valence-corrected chi connectivity index (χ2v) is 5.77. The van der Waals surface area contributed by atoms with Gasteiger partial charge in [0.05, 0.1) is 11.8 Å². The quantitative estimate of drug-likeness (QED) is 0.709. The number of rotatable bonds is 9. The monoisotopic (exact) mass is 320 g/mol. The zero-order valence-corrected chi connectivity index (χ0v) is 14.6. The first-order valence-electron chi connectivity index (χ1n) is 8.31. The molecular formula is C18H28N2O3. The van der Waals surface area contributed by atoms with Crippen LogP contribution in [0.4, 0.5) is 5.69 Å². The molecule has 2 amide bonds. The molecule has 0 saturated heterocycles. The normalized spacial score (nSPS) is 10.5. The van der Waals surface area contributed by atoms with E-state index in [4.69, 9.17) is 4.74 Å². The number of amides is 2. The summed E-state index contributed by atoms with van der Waals surface area (Å²) in [6.45, 7) is 9.27.